The Morgan fingerprint density at radius 3 is 2.62 bits per heavy atom. The van der Waals surface area contributed by atoms with E-state index in [1.165, 1.54) is 17.6 Å². The van der Waals surface area contributed by atoms with Crippen molar-refractivity contribution in [1.29, 1.82) is 0 Å². The summed E-state index contributed by atoms with van der Waals surface area (Å²) < 4.78 is 6.95. The SMILES string of the molecule is O=C(Cn1c(-c2cscn2)nc2ccccc21)Nc1cccc(NC(=O)c2ccco2)c1. The molecule has 32 heavy (non-hydrogen) atoms. The fourth-order valence-corrected chi connectivity index (χ4v) is 3.90. The highest BCUT2D eigenvalue weighted by atomic mass is 32.1. The molecule has 0 radical (unpaired) electrons. The summed E-state index contributed by atoms with van der Waals surface area (Å²) in [6.45, 7) is 0.0658. The van der Waals surface area contributed by atoms with Crippen molar-refractivity contribution in [1.82, 2.24) is 14.5 Å². The van der Waals surface area contributed by atoms with Crippen molar-refractivity contribution in [3.63, 3.8) is 0 Å². The number of carbonyl (C=O) groups is 2. The zero-order chi connectivity index (χ0) is 21.9. The van der Waals surface area contributed by atoms with Crippen LogP contribution in [0.15, 0.2) is 82.2 Å². The van der Waals surface area contributed by atoms with E-state index in [9.17, 15) is 9.59 Å². The lowest BCUT2D eigenvalue weighted by atomic mass is 10.2. The number of nitrogens with zero attached hydrogens (tertiary/aromatic N) is 3. The second-order valence-corrected chi connectivity index (χ2v) is 7.66. The number of furan rings is 1. The number of anilines is 2. The highest BCUT2D eigenvalue weighted by molar-refractivity contribution is 7.07. The Hall–Kier alpha value is -4.24. The molecule has 0 saturated carbocycles. The molecule has 0 bridgehead atoms. The Labute approximate surface area is 186 Å². The number of benzene rings is 2. The largest absolute Gasteiger partial charge is 0.459 e. The number of hydrogen-bond acceptors (Lipinski definition) is 6. The first-order valence-electron chi connectivity index (χ1n) is 9.76. The molecule has 5 aromatic rings. The highest BCUT2D eigenvalue weighted by Gasteiger charge is 2.17. The van der Waals surface area contributed by atoms with Crippen molar-refractivity contribution >= 4 is 45.6 Å². The van der Waals surface area contributed by atoms with Crippen LogP contribution in [0.3, 0.4) is 0 Å². The lowest BCUT2D eigenvalue weighted by Gasteiger charge is -2.10. The van der Waals surface area contributed by atoms with Crippen LogP contribution in [0.1, 0.15) is 10.6 Å². The van der Waals surface area contributed by atoms with Crippen LogP contribution in [0.4, 0.5) is 11.4 Å². The molecular formula is C23H17N5O3S. The topological polar surface area (TPSA) is 102 Å². The van der Waals surface area contributed by atoms with Crippen molar-refractivity contribution in [3.05, 3.63) is 83.6 Å². The minimum atomic E-state index is -0.365. The van der Waals surface area contributed by atoms with Crippen molar-refractivity contribution in [2.75, 3.05) is 10.6 Å². The molecule has 0 atom stereocenters. The van der Waals surface area contributed by atoms with E-state index in [-0.39, 0.29) is 24.1 Å². The number of para-hydroxylation sites is 2. The molecule has 2 aromatic carbocycles. The van der Waals surface area contributed by atoms with Gasteiger partial charge in [0.2, 0.25) is 5.91 Å². The van der Waals surface area contributed by atoms with Gasteiger partial charge in [0.1, 0.15) is 12.2 Å². The van der Waals surface area contributed by atoms with Crippen LogP contribution in [0.2, 0.25) is 0 Å². The minimum absolute atomic E-state index is 0.0658. The van der Waals surface area contributed by atoms with E-state index in [0.717, 1.165) is 16.7 Å². The van der Waals surface area contributed by atoms with Gasteiger partial charge in [-0.3, -0.25) is 9.59 Å². The third kappa shape index (κ3) is 4.01. The van der Waals surface area contributed by atoms with Crippen LogP contribution in [-0.4, -0.2) is 26.3 Å². The third-order valence-electron chi connectivity index (χ3n) is 4.77. The normalized spacial score (nSPS) is 10.9. The molecule has 5 rings (SSSR count). The number of imidazole rings is 1. The van der Waals surface area contributed by atoms with Crippen molar-refractivity contribution in [2.45, 2.75) is 6.54 Å². The fourth-order valence-electron chi connectivity index (χ4n) is 3.37. The third-order valence-corrected chi connectivity index (χ3v) is 5.35. The molecule has 158 valence electrons. The summed E-state index contributed by atoms with van der Waals surface area (Å²) in [5.74, 6) is 0.262. The molecular weight excluding hydrogens is 426 g/mol. The second kappa shape index (κ2) is 8.48. The number of hydrogen-bond donors (Lipinski definition) is 2. The first-order valence-corrected chi connectivity index (χ1v) is 10.7. The maximum absolute atomic E-state index is 12.9. The van der Waals surface area contributed by atoms with Gasteiger partial charge in [-0.15, -0.1) is 11.3 Å². The van der Waals surface area contributed by atoms with Crippen molar-refractivity contribution in [2.24, 2.45) is 0 Å². The zero-order valence-corrected chi connectivity index (χ0v) is 17.5. The molecule has 0 aliphatic heterocycles. The summed E-state index contributed by atoms with van der Waals surface area (Å²) in [7, 11) is 0. The van der Waals surface area contributed by atoms with Crippen molar-refractivity contribution < 1.29 is 14.0 Å². The monoisotopic (exact) mass is 443 g/mol. The zero-order valence-electron chi connectivity index (χ0n) is 16.7. The minimum Gasteiger partial charge on any atom is -0.459 e. The quantitative estimate of drug-likeness (QED) is 0.398. The molecule has 0 saturated heterocycles. The van der Waals surface area contributed by atoms with Gasteiger partial charge < -0.3 is 19.6 Å². The Balaban J connectivity index is 1.35. The van der Waals surface area contributed by atoms with E-state index in [4.69, 9.17) is 4.42 Å². The first-order chi connectivity index (χ1) is 15.7. The summed E-state index contributed by atoms with van der Waals surface area (Å²) in [5.41, 5.74) is 5.21. The molecule has 2 amide bonds. The molecule has 0 unspecified atom stereocenters. The fraction of sp³-hybridized carbons (Fsp3) is 0.0435. The number of rotatable bonds is 6. The number of thiazole rings is 1. The summed E-state index contributed by atoms with van der Waals surface area (Å²) in [4.78, 5) is 34.1. The van der Waals surface area contributed by atoms with Gasteiger partial charge in [0.05, 0.1) is 22.8 Å². The second-order valence-electron chi connectivity index (χ2n) is 6.94. The number of carbonyl (C=O) groups excluding carboxylic acids is 2. The van der Waals surface area contributed by atoms with E-state index < -0.39 is 0 Å². The Bertz CT molecular complexity index is 1390. The summed E-state index contributed by atoms with van der Waals surface area (Å²) in [5, 5.41) is 7.54. The standard InChI is InChI=1S/C23H17N5O3S/c29-21(25-15-5-3-6-16(11-15)26-23(30)20-9-4-10-31-20)12-28-19-8-2-1-7-17(19)27-22(28)18-13-32-14-24-18/h1-11,13-14H,12H2,(H,25,29)(H,26,30). The predicted octanol–water partition coefficient (Wildman–Crippen LogP) is 4.64. The van der Waals surface area contributed by atoms with Gasteiger partial charge >= 0.3 is 0 Å². The number of amides is 2. The van der Waals surface area contributed by atoms with Crippen LogP contribution >= 0.6 is 11.3 Å². The average molecular weight is 443 g/mol. The van der Waals surface area contributed by atoms with E-state index in [2.05, 4.69) is 20.6 Å². The molecule has 3 heterocycles. The molecule has 0 aliphatic carbocycles. The molecule has 0 fully saturated rings. The van der Waals surface area contributed by atoms with E-state index in [0.29, 0.717) is 17.2 Å². The predicted molar refractivity (Wildman–Crippen MR) is 123 cm³/mol. The van der Waals surface area contributed by atoms with Crippen LogP contribution in [-0.2, 0) is 11.3 Å². The van der Waals surface area contributed by atoms with Gasteiger partial charge in [0.15, 0.2) is 11.6 Å². The number of aromatic nitrogens is 3. The Kier molecular flexibility index (Phi) is 5.22. The van der Waals surface area contributed by atoms with Gasteiger partial charge in [0.25, 0.3) is 5.91 Å². The first kappa shape index (κ1) is 19.7. The average Bonchev–Trinajstić information content (AvgIpc) is 3.55. The van der Waals surface area contributed by atoms with Crippen LogP contribution in [0.5, 0.6) is 0 Å². The number of nitrogens with one attached hydrogen (secondary N) is 2. The number of fused-ring (bicyclic) bond motifs is 1. The molecule has 0 spiro atoms. The lowest BCUT2D eigenvalue weighted by molar-refractivity contribution is -0.116. The van der Waals surface area contributed by atoms with Gasteiger partial charge in [-0.05, 0) is 42.5 Å². The molecule has 0 aliphatic rings. The van der Waals surface area contributed by atoms with Crippen LogP contribution in [0.25, 0.3) is 22.6 Å². The van der Waals surface area contributed by atoms with Gasteiger partial charge in [-0.25, -0.2) is 9.97 Å². The van der Waals surface area contributed by atoms with Crippen LogP contribution < -0.4 is 10.6 Å². The molecule has 2 N–H and O–H groups in total. The summed E-state index contributed by atoms with van der Waals surface area (Å²) >= 11 is 1.47. The Morgan fingerprint density at radius 2 is 1.84 bits per heavy atom. The molecule has 3 aromatic heterocycles. The van der Waals surface area contributed by atoms with Gasteiger partial charge in [-0.1, -0.05) is 18.2 Å². The maximum atomic E-state index is 12.9. The molecule has 8 nitrogen and oxygen atoms in total. The van der Waals surface area contributed by atoms with Crippen LogP contribution in [0, 0.1) is 0 Å². The van der Waals surface area contributed by atoms with E-state index >= 15 is 0 Å². The lowest BCUT2D eigenvalue weighted by Crippen LogP contribution is -2.19. The van der Waals surface area contributed by atoms with Crippen molar-refractivity contribution in [3.8, 4) is 11.5 Å². The van der Waals surface area contributed by atoms with E-state index in [1.807, 2.05) is 34.2 Å². The van der Waals surface area contributed by atoms with E-state index in [1.54, 1.807) is 41.9 Å². The molecule has 9 heteroatoms. The highest BCUT2D eigenvalue weighted by Crippen LogP contribution is 2.25. The summed E-state index contributed by atoms with van der Waals surface area (Å²) in [6, 6.07) is 17.8. The maximum Gasteiger partial charge on any atom is 0.291 e. The summed E-state index contributed by atoms with van der Waals surface area (Å²) in [6.07, 6.45) is 1.44. The smallest absolute Gasteiger partial charge is 0.291 e. The Morgan fingerprint density at radius 1 is 1.00 bits per heavy atom. The van der Waals surface area contributed by atoms with Gasteiger partial charge in [-0.2, -0.15) is 0 Å². The van der Waals surface area contributed by atoms with Gasteiger partial charge in [0, 0.05) is 16.8 Å².